The molecule has 0 saturated heterocycles. The van der Waals surface area contributed by atoms with Gasteiger partial charge < -0.3 is 19.8 Å². The van der Waals surface area contributed by atoms with E-state index < -0.39 is 39.9 Å². The van der Waals surface area contributed by atoms with E-state index in [2.05, 4.69) is 50.3 Å². The van der Waals surface area contributed by atoms with E-state index in [1.807, 2.05) is 24.3 Å². The molecular formula is C44H49ClFNO5. The number of aliphatic hydroxyl groups excluding tert-OH is 1. The number of fused-ring (bicyclic) bond motifs is 2. The first kappa shape index (κ1) is 35.5. The molecule has 0 heterocycles. The van der Waals surface area contributed by atoms with Crippen LogP contribution in [0.15, 0.2) is 84.5 Å². The van der Waals surface area contributed by atoms with Crippen LogP contribution < -0.4 is 0 Å². The summed E-state index contributed by atoms with van der Waals surface area (Å²) in [5, 5.41) is 26.4. The van der Waals surface area contributed by atoms with Crippen molar-refractivity contribution in [2.75, 3.05) is 13.2 Å². The first-order valence-electron chi connectivity index (χ1n) is 19.0. The van der Waals surface area contributed by atoms with Crippen LogP contribution in [0.25, 0.3) is 10.8 Å². The molecule has 0 radical (unpaired) electrons. The maximum absolute atomic E-state index is 15.2. The van der Waals surface area contributed by atoms with E-state index in [0.717, 1.165) is 35.6 Å². The smallest absolute Gasteiger partial charge is 0.410 e. The summed E-state index contributed by atoms with van der Waals surface area (Å²) in [5.41, 5.74) is -1.48. The fourth-order valence-corrected chi connectivity index (χ4v) is 12.2. The number of aliphatic hydroxyl groups is 2. The molecule has 3 aromatic rings. The second kappa shape index (κ2) is 12.5. The maximum atomic E-state index is 15.2. The molecule has 0 aliphatic heterocycles. The number of carbonyl (C=O) groups is 2. The van der Waals surface area contributed by atoms with Crippen LogP contribution in [0.1, 0.15) is 76.8 Å². The molecule has 6 nitrogen and oxygen atoms in total. The summed E-state index contributed by atoms with van der Waals surface area (Å²) in [5.74, 6) is -0.687. The van der Waals surface area contributed by atoms with Crippen LogP contribution in [-0.4, -0.2) is 51.8 Å². The van der Waals surface area contributed by atoms with E-state index in [4.69, 9.17) is 16.3 Å². The number of ether oxygens (including phenoxy) is 1. The Morgan fingerprint density at radius 2 is 1.65 bits per heavy atom. The second-order valence-electron chi connectivity index (χ2n) is 16.8. The summed E-state index contributed by atoms with van der Waals surface area (Å²) in [6.07, 6.45) is 10.3. The van der Waals surface area contributed by atoms with Gasteiger partial charge in [0.15, 0.2) is 5.78 Å². The standard InChI is InChI=1S/C44H49ClFNO5/c1-4-52-39(50)47(26-29-11-7-10-28-9-5-6-12-31(28)29)27-43(51)20-17-38-41(43,3)19-16-37-40(2)18-15-30(48)24-42(40)21-22-44(37,38)33(25-42)36(49)23-32-34(45)13-8-14-35(32)46/h5-14,21-22,25,30,37-38,48,51H,4,15-20,23-24,26-27H2,1-3H3. The number of hydrogen-bond donors (Lipinski definition) is 2. The van der Waals surface area contributed by atoms with Gasteiger partial charge in [-0.15, -0.1) is 0 Å². The predicted molar refractivity (Wildman–Crippen MR) is 200 cm³/mol. The Labute approximate surface area is 310 Å². The molecule has 6 aliphatic carbocycles. The van der Waals surface area contributed by atoms with E-state index in [9.17, 15) is 19.8 Å². The minimum atomic E-state index is -1.26. The van der Waals surface area contributed by atoms with Gasteiger partial charge in [-0.25, -0.2) is 9.18 Å². The van der Waals surface area contributed by atoms with Crippen molar-refractivity contribution in [2.45, 2.75) is 90.4 Å². The van der Waals surface area contributed by atoms with Gasteiger partial charge in [-0.2, -0.15) is 0 Å². The molecular weight excluding hydrogens is 677 g/mol. The normalized spacial score (nSPS) is 35.8. The van der Waals surface area contributed by atoms with Gasteiger partial charge in [0, 0.05) is 45.4 Å². The molecule has 3 fully saturated rings. The molecule has 2 bridgehead atoms. The lowest BCUT2D eigenvalue weighted by molar-refractivity contribution is -0.178. The summed E-state index contributed by atoms with van der Waals surface area (Å²) in [6.45, 7) is 6.88. The highest BCUT2D eigenvalue weighted by atomic mass is 35.5. The van der Waals surface area contributed by atoms with Crippen LogP contribution in [0.5, 0.6) is 0 Å². The average Bonchev–Trinajstić information content (AvgIpc) is 3.39. The van der Waals surface area contributed by atoms with Gasteiger partial charge in [-0.1, -0.05) is 92.2 Å². The zero-order valence-corrected chi connectivity index (χ0v) is 31.1. The number of halogens is 2. The number of allylic oxidation sites excluding steroid dienone is 4. The highest BCUT2D eigenvalue weighted by Gasteiger charge is 2.74. The first-order chi connectivity index (χ1) is 24.8. The third kappa shape index (κ3) is 5.01. The Morgan fingerprint density at radius 3 is 2.44 bits per heavy atom. The number of carbonyl (C=O) groups excluding carboxylic acids is 2. The Kier molecular flexibility index (Phi) is 8.56. The zero-order chi connectivity index (χ0) is 36.7. The van der Waals surface area contributed by atoms with E-state index in [-0.39, 0.29) is 59.7 Å². The Bertz CT molecular complexity index is 1990. The summed E-state index contributed by atoms with van der Waals surface area (Å²) in [6, 6.07) is 18.7. The van der Waals surface area contributed by atoms with Crippen molar-refractivity contribution in [3.8, 4) is 0 Å². The number of ketones is 1. The van der Waals surface area contributed by atoms with Crippen LogP contribution in [0, 0.1) is 39.3 Å². The Morgan fingerprint density at radius 1 is 0.942 bits per heavy atom. The number of rotatable bonds is 8. The van der Waals surface area contributed by atoms with Gasteiger partial charge in [0.05, 0.1) is 24.9 Å². The SMILES string of the molecule is CCOC(=O)N(Cc1cccc2ccccc12)CC1(O)CCC2C34C=CC5(C=C3C(=O)Cc3c(F)cccc3Cl)CC(O)CCC5(C)C4CCC21C. The molecule has 52 heavy (non-hydrogen) atoms. The van der Waals surface area contributed by atoms with Crippen molar-refractivity contribution < 1.29 is 28.9 Å². The molecule has 3 aromatic carbocycles. The highest BCUT2D eigenvalue weighted by molar-refractivity contribution is 6.31. The van der Waals surface area contributed by atoms with Crippen molar-refractivity contribution in [1.29, 1.82) is 0 Å². The van der Waals surface area contributed by atoms with Crippen molar-refractivity contribution >= 4 is 34.2 Å². The third-order valence-electron chi connectivity index (χ3n) is 14.6. The van der Waals surface area contributed by atoms with E-state index in [0.29, 0.717) is 31.3 Å². The zero-order valence-electron chi connectivity index (χ0n) is 30.3. The topological polar surface area (TPSA) is 87.1 Å². The number of hydrogen-bond acceptors (Lipinski definition) is 5. The van der Waals surface area contributed by atoms with Gasteiger partial charge in [0.25, 0.3) is 0 Å². The van der Waals surface area contributed by atoms with Crippen molar-refractivity contribution in [1.82, 2.24) is 4.90 Å². The van der Waals surface area contributed by atoms with E-state index in [1.165, 1.54) is 6.07 Å². The molecule has 9 rings (SSSR count). The molecule has 2 N–H and O–H groups in total. The lowest BCUT2D eigenvalue weighted by Crippen LogP contribution is -2.67. The van der Waals surface area contributed by atoms with Crippen molar-refractivity contribution in [3.63, 3.8) is 0 Å². The van der Waals surface area contributed by atoms with Crippen LogP contribution >= 0.6 is 11.6 Å². The van der Waals surface area contributed by atoms with E-state index >= 15 is 4.39 Å². The minimum Gasteiger partial charge on any atom is -0.450 e. The molecule has 8 atom stereocenters. The van der Waals surface area contributed by atoms with Crippen molar-refractivity contribution in [3.05, 3.63) is 106 Å². The molecule has 8 heteroatoms. The fourth-order valence-electron chi connectivity index (χ4n) is 12.0. The quantitative estimate of drug-likeness (QED) is 0.227. The lowest BCUT2D eigenvalue weighted by Gasteiger charge is -2.71. The van der Waals surface area contributed by atoms with Gasteiger partial charge in [0.1, 0.15) is 5.82 Å². The molecule has 2 spiro atoms. The molecule has 8 unspecified atom stereocenters. The number of nitrogens with zero attached hydrogens (tertiary/aromatic N) is 1. The summed E-state index contributed by atoms with van der Waals surface area (Å²) in [7, 11) is 0. The molecule has 0 aromatic heterocycles. The highest BCUT2D eigenvalue weighted by Crippen LogP contribution is 2.78. The fraction of sp³-hybridized carbons (Fsp3) is 0.500. The monoisotopic (exact) mass is 725 g/mol. The van der Waals surface area contributed by atoms with E-state index in [1.54, 1.807) is 24.0 Å². The van der Waals surface area contributed by atoms with Crippen LogP contribution in [0.2, 0.25) is 5.02 Å². The number of amides is 1. The second-order valence-corrected chi connectivity index (χ2v) is 17.2. The van der Waals surface area contributed by atoms with Gasteiger partial charge >= 0.3 is 6.09 Å². The Hall–Kier alpha value is -3.52. The first-order valence-corrected chi connectivity index (χ1v) is 19.4. The number of benzene rings is 3. The maximum Gasteiger partial charge on any atom is 0.410 e. The average molecular weight is 726 g/mol. The van der Waals surface area contributed by atoms with Crippen molar-refractivity contribution in [2.24, 2.45) is 33.5 Å². The van der Waals surface area contributed by atoms with Crippen LogP contribution in [0.3, 0.4) is 0 Å². The predicted octanol–water partition coefficient (Wildman–Crippen LogP) is 8.99. The lowest BCUT2D eigenvalue weighted by atomic mass is 9.32. The summed E-state index contributed by atoms with van der Waals surface area (Å²) in [4.78, 5) is 30.1. The molecule has 1 amide bonds. The largest absolute Gasteiger partial charge is 0.450 e. The van der Waals surface area contributed by atoms with Gasteiger partial charge in [0.2, 0.25) is 0 Å². The van der Waals surface area contributed by atoms with Crippen LogP contribution in [-0.2, 0) is 22.5 Å². The summed E-state index contributed by atoms with van der Waals surface area (Å²) >= 11 is 6.48. The van der Waals surface area contributed by atoms with Gasteiger partial charge in [-0.05, 0) is 97.6 Å². The molecule has 3 saturated carbocycles. The third-order valence-corrected chi connectivity index (χ3v) is 15.0. The van der Waals surface area contributed by atoms with Gasteiger partial charge in [-0.3, -0.25) is 4.79 Å². The van der Waals surface area contributed by atoms with Crippen LogP contribution in [0.4, 0.5) is 9.18 Å². The summed E-state index contributed by atoms with van der Waals surface area (Å²) < 4.78 is 20.8. The Balaban J connectivity index is 1.20. The molecule has 274 valence electrons. The number of Topliss-reactive ketones (excluding diaryl/α,β-unsaturated/α-hetero) is 1. The molecule has 6 aliphatic rings. The minimum absolute atomic E-state index is 0.0924.